The molecule has 1 heteroatoms. The topological polar surface area (TPSA) is 12.9 Å². The molecule has 0 spiro atoms. The van der Waals surface area contributed by atoms with Crippen LogP contribution >= 0.6 is 0 Å². The van der Waals surface area contributed by atoms with Gasteiger partial charge in [-0.2, -0.15) is 0 Å². The molecule has 0 saturated heterocycles. The Labute approximate surface area is 107 Å². The second-order valence-corrected chi connectivity index (χ2v) is 4.61. The molecule has 1 aromatic heterocycles. The van der Waals surface area contributed by atoms with Gasteiger partial charge in [0.15, 0.2) is 0 Å². The van der Waals surface area contributed by atoms with Gasteiger partial charge in [-0.3, -0.25) is 4.98 Å². The zero-order valence-corrected chi connectivity index (χ0v) is 10.9. The second-order valence-electron chi connectivity index (χ2n) is 4.61. The van der Waals surface area contributed by atoms with Gasteiger partial charge in [0, 0.05) is 17.0 Å². The monoisotopic (exact) mass is 235 g/mol. The number of hydrogen-bond acceptors (Lipinski definition) is 1. The van der Waals surface area contributed by atoms with Crippen molar-refractivity contribution in [2.24, 2.45) is 0 Å². The van der Waals surface area contributed by atoms with Gasteiger partial charge < -0.3 is 0 Å². The van der Waals surface area contributed by atoms with Crippen LogP contribution in [0.4, 0.5) is 0 Å². The molecule has 1 heterocycles. The first-order valence-electron chi connectivity index (χ1n) is 6.64. The van der Waals surface area contributed by atoms with Crippen LogP contribution < -0.4 is 0 Å². The van der Waals surface area contributed by atoms with Gasteiger partial charge in [-0.05, 0) is 35.4 Å². The molecule has 3 rings (SSSR count). The van der Waals surface area contributed by atoms with E-state index in [0.717, 1.165) is 18.4 Å². The number of nitrogens with zero attached hydrogens (tertiary/aromatic N) is 1. The normalized spacial score (nSPS) is 11.2. The first kappa shape index (κ1) is 11.2. The Bertz CT molecular complexity index is 650. The minimum Gasteiger partial charge on any atom is -0.256 e. The van der Waals surface area contributed by atoms with Crippen molar-refractivity contribution in [3.05, 3.63) is 53.7 Å². The van der Waals surface area contributed by atoms with Gasteiger partial charge in [0.05, 0.1) is 5.52 Å². The van der Waals surface area contributed by atoms with Crippen LogP contribution in [-0.2, 0) is 12.8 Å². The summed E-state index contributed by atoms with van der Waals surface area (Å²) in [6.45, 7) is 4.47. The van der Waals surface area contributed by atoms with E-state index in [4.69, 9.17) is 0 Å². The number of aromatic nitrogens is 1. The lowest BCUT2D eigenvalue weighted by atomic mass is 9.91. The molecule has 0 bridgehead atoms. The Hall–Kier alpha value is -1.89. The van der Waals surface area contributed by atoms with E-state index < -0.39 is 0 Å². The maximum absolute atomic E-state index is 4.59. The summed E-state index contributed by atoms with van der Waals surface area (Å²) in [6.07, 6.45) is 4.03. The van der Waals surface area contributed by atoms with Gasteiger partial charge in [-0.25, -0.2) is 0 Å². The van der Waals surface area contributed by atoms with Gasteiger partial charge in [0.25, 0.3) is 0 Å². The highest BCUT2D eigenvalue weighted by molar-refractivity contribution is 6.08. The minimum atomic E-state index is 1.07. The van der Waals surface area contributed by atoms with Crippen LogP contribution in [0.2, 0.25) is 0 Å². The Morgan fingerprint density at radius 2 is 1.39 bits per heavy atom. The van der Waals surface area contributed by atoms with E-state index >= 15 is 0 Å². The first-order chi connectivity index (χ1) is 8.86. The summed E-state index contributed by atoms with van der Waals surface area (Å²) in [7, 11) is 0. The molecule has 0 N–H and O–H groups in total. The number of fused-ring (bicyclic) bond motifs is 3. The molecule has 3 aromatic rings. The van der Waals surface area contributed by atoms with E-state index in [-0.39, 0.29) is 0 Å². The third-order valence-corrected chi connectivity index (χ3v) is 3.71. The summed E-state index contributed by atoms with van der Waals surface area (Å²) in [6, 6.07) is 12.9. The van der Waals surface area contributed by atoms with Crippen LogP contribution in [-0.4, -0.2) is 4.98 Å². The van der Waals surface area contributed by atoms with E-state index in [1.165, 1.54) is 27.3 Å². The van der Waals surface area contributed by atoms with Gasteiger partial charge in [-0.1, -0.05) is 44.2 Å². The smallest absolute Gasteiger partial charge is 0.0783 e. The van der Waals surface area contributed by atoms with Gasteiger partial charge >= 0.3 is 0 Å². The molecule has 2 aromatic carbocycles. The zero-order valence-electron chi connectivity index (χ0n) is 10.9. The fourth-order valence-electron chi connectivity index (χ4n) is 2.95. The number of benzene rings is 2. The van der Waals surface area contributed by atoms with E-state index in [0.29, 0.717) is 0 Å². The summed E-state index contributed by atoms with van der Waals surface area (Å²) < 4.78 is 0. The molecule has 0 saturated carbocycles. The molecule has 0 atom stereocenters. The molecule has 0 fully saturated rings. The first-order valence-corrected chi connectivity index (χ1v) is 6.64. The third kappa shape index (κ3) is 1.51. The summed E-state index contributed by atoms with van der Waals surface area (Å²) in [4.78, 5) is 4.59. The molecule has 0 unspecified atom stereocenters. The molecular formula is C17H17N. The van der Waals surface area contributed by atoms with E-state index in [1.54, 1.807) is 0 Å². The summed E-state index contributed by atoms with van der Waals surface area (Å²) in [5.41, 5.74) is 4.08. The lowest BCUT2D eigenvalue weighted by molar-refractivity contribution is 1.06. The van der Waals surface area contributed by atoms with Crippen molar-refractivity contribution >= 4 is 21.7 Å². The fraction of sp³-hybridized carbons (Fsp3) is 0.235. The molecule has 90 valence electrons. The molecule has 18 heavy (non-hydrogen) atoms. The lowest BCUT2D eigenvalue weighted by Gasteiger charge is -2.14. The average Bonchev–Trinajstić information content (AvgIpc) is 2.45. The third-order valence-electron chi connectivity index (χ3n) is 3.71. The summed E-state index contributed by atoms with van der Waals surface area (Å²) in [5.74, 6) is 0. The number of hydrogen-bond donors (Lipinski definition) is 0. The van der Waals surface area contributed by atoms with Crippen molar-refractivity contribution in [1.29, 1.82) is 0 Å². The SMILES string of the molecule is CCc1c(CC)c2cccnc2c2ccccc12. The molecule has 1 nitrogen and oxygen atoms in total. The van der Waals surface area contributed by atoms with Gasteiger partial charge in [0.1, 0.15) is 0 Å². The Morgan fingerprint density at radius 3 is 2.11 bits per heavy atom. The Morgan fingerprint density at radius 1 is 0.778 bits per heavy atom. The van der Waals surface area contributed by atoms with E-state index in [2.05, 4.69) is 49.2 Å². The predicted octanol–water partition coefficient (Wildman–Crippen LogP) is 4.51. The Balaban J connectivity index is 2.61. The van der Waals surface area contributed by atoms with Crippen molar-refractivity contribution in [1.82, 2.24) is 4.98 Å². The predicted molar refractivity (Wildman–Crippen MR) is 78.0 cm³/mol. The number of aryl methyl sites for hydroxylation is 2. The van der Waals surface area contributed by atoms with Crippen molar-refractivity contribution in [2.45, 2.75) is 26.7 Å². The van der Waals surface area contributed by atoms with Crippen molar-refractivity contribution < 1.29 is 0 Å². The number of rotatable bonds is 2. The molecule has 0 radical (unpaired) electrons. The van der Waals surface area contributed by atoms with Crippen LogP contribution in [0.3, 0.4) is 0 Å². The highest BCUT2D eigenvalue weighted by Gasteiger charge is 2.11. The quantitative estimate of drug-likeness (QED) is 0.595. The van der Waals surface area contributed by atoms with Crippen LogP contribution in [0.15, 0.2) is 42.6 Å². The van der Waals surface area contributed by atoms with Crippen molar-refractivity contribution in [3.8, 4) is 0 Å². The molecule has 0 amide bonds. The summed E-state index contributed by atoms with van der Waals surface area (Å²) >= 11 is 0. The largest absolute Gasteiger partial charge is 0.256 e. The fourth-order valence-corrected chi connectivity index (χ4v) is 2.95. The highest BCUT2D eigenvalue weighted by Crippen LogP contribution is 2.32. The summed E-state index contributed by atoms with van der Waals surface area (Å²) in [5, 5.41) is 3.96. The zero-order chi connectivity index (χ0) is 12.5. The lowest BCUT2D eigenvalue weighted by Crippen LogP contribution is -1.96. The van der Waals surface area contributed by atoms with Crippen LogP contribution in [0, 0.1) is 0 Å². The van der Waals surface area contributed by atoms with E-state index in [9.17, 15) is 0 Å². The molecule has 0 aliphatic heterocycles. The van der Waals surface area contributed by atoms with Gasteiger partial charge in [0.2, 0.25) is 0 Å². The highest BCUT2D eigenvalue weighted by atomic mass is 14.6. The Kier molecular flexibility index (Phi) is 2.75. The molecular weight excluding hydrogens is 218 g/mol. The maximum atomic E-state index is 4.59. The molecule has 0 aliphatic rings. The minimum absolute atomic E-state index is 1.07. The molecule has 0 aliphatic carbocycles. The van der Waals surface area contributed by atoms with Crippen molar-refractivity contribution in [3.63, 3.8) is 0 Å². The van der Waals surface area contributed by atoms with Crippen LogP contribution in [0.1, 0.15) is 25.0 Å². The average molecular weight is 235 g/mol. The van der Waals surface area contributed by atoms with E-state index in [1.807, 2.05) is 12.3 Å². The maximum Gasteiger partial charge on any atom is 0.0783 e. The van der Waals surface area contributed by atoms with Crippen LogP contribution in [0.5, 0.6) is 0 Å². The second kappa shape index (κ2) is 4.41. The standard InChI is InChI=1S/C17H17N/c1-3-12-13(4-2)15-10-7-11-18-17(15)16-9-6-5-8-14(12)16/h5-11H,3-4H2,1-2H3. The van der Waals surface area contributed by atoms with Crippen LogP contribution in [0.25, 0.3) is 21.7 Å². The van der Waals surface area contributed by atoms with Gasteiger partial charge in [-0.15, -0.1) is 0 Å². The number of pyridine rings is 1. The van der Waals surface area contributed by atoms with Crippen molar-refractivity contribution in [2.75, 3.05) is 0 Å².